The number of nitrogens with zero attached hydrogens (tertiary/aromatic N) is 5. The molecule has 0 unspecified atom stereocenters. The zero-order valence-electron chi connectivity index (χ0n) is 17.9. The predicted octanol–water partition coefficient (Wildman–Crippen LogP) is 3.01. The van der Waals surface area contributed by atoms with Gasteiger partial charge in [0.05, 0.1) is 30.9 Å². The lowest BCUT2D eigenvalue weighted by Crippen LogP contribution is -2.27. The van der Waals surface area contributed by atoms with E-state index in [1.165, 1.54) is 12.0 Å². The fraction of sp³-hybridized carbons (Fsp3) is 0.364. The van der Waals surface area contributed by atoms with Gasteiger partial charge in [0.1, 0.15) is 18.4 Å². The number of methoxy groups -OCH3 is 2. The van der Waals surface area contributed by atoms with Crippen LogP contribution >= 0.6 is 0 Å². The molecule has 1 saturated carbocycles. The van der Waals surface area contributed by atoms with Crippen molar-refractivity contribution in [1.82, 2.24) is 19.5 Å². The summed E-state index contributed by atoms with van der Waals surface area (Å²) in [5.41, 5.74) is 2.24. The number of rotatable bonds is 6. The van der Waals surface area contributed by atoms with Gasteiger partial charge in [-0.3, -0.25) is 0 Å². The predicted molar refractivity (Wildman–Crippen MR) is 112 cm³/mol. The van der Waals surface area contributed by atoms with Crippen LogP contribution in [0.5, 0.6) is 11.5 Å². The summed E-state index contributed by atoms with van der Waals surface area (Å²) in [6.45, 7) is 0.225. The fourth-order valence-electron chi connectivity index (χ4n) is 3.40. The molecule has 0 aliphatic heterocycles. The zero-order valence-corrected chi connectivity index (χ0v) is 17.9. The van der Waals surface area contributed by atoms with Gasteiger partial charge in [-0.2, -0.15) is 5.26 Å². The first-order valence-electron chi connectivity index (χ1n) is 9.79. The smallest absolute Gasteiger partial charge is 0.409 e. The van der Waals surface area contributed by atoms with E-state index in [1.54, 1.807) is 37.9 Å². The molecule has 0 saturated heterocycles. The van der Waals surface area contributed by atoms with Gasteiger partial charge in [-0.1, -0.05) is 6.07 Å². The number of amides is 1. The Morgan fingerprint density at radius 1 is 1.19 bits per heavy atom. The van der Waals surface area contributed by atoms with Gasteiger partial charge in [-0.15, -0.1) is 5.10 Å². The third kappa shape index (κ3) is 3.61. The molecule has 160 valence electrons. The van der Waals surface area contributed by atoms with Gasteiger partial charge >= 0.3 is 6.09 Å². The number of hydrogen-bond acceptors (Lipinski definition) is 7. The van der Waals surface area contributed by atoms with Crippen molar-refractivity contribution in [3.05, 3.63) is 41.7 Å². The number of fused-ring (bicyclic) bond motifs is 1. The minimum Gasteiger partial charge on any atom is -0.495 e. The van der Waals surface area contributed by atoms with Crippen LogP contribution in [-0.4, -0.2) is 60.5 Å². The first kappa shape index (κ1) is 20.5. The second kappa shape index (κ2) is 7.80. The Morgan fingerprint density at radius 3 is 2.55 bits per heavy atom. The van der Waals surface area contributed by atoms with Crippen LogP contribution in [0.15, 0.2) is 30.3 Å². The normalized spacial score (nSPS) is 14.0. The van der Waals surface area contributed by atoms with Crippen molar-refractivity contribution in [3.63, 3.8) is 0 Å². The van der Waals surface area contributed by atoms with Crippen LogP contribution in [0.25, 0.3) is 16.9 Å². The Hall–Kier alpha value is -3.80. The van der Waals surface area contributed by atoms with Gasteiger partial charge in [0, 0.05) is 19.7 Å². The molecule has 9 nitrogen and oxygen atoms in total. The SMILES string of the molecule is COc1cc(-c2ccc(OC)c3nc(C4(COC(=O)N(C)C)CC4)nn23)ccc1C#N. The van der Waals surface area contributed by atoms with E-state index in [1.807, 2.05) is 18.2 Å². The number of carbonyl (C=O) groups excluding carboxylic acids is 1. The zero-order chi connectivity index (χ0) is 22.2. The highest BCUT2D eigenvalue weighted by molar-refractivity contribution is 5.70. The van der Waals surface area contributed by atoms with Gasteiger partial charge in [-0.25, -0.2) is 14.3 Å². The summed E-state index contributed by atoms with van der Waals surface area (Å²) >= 11 is 0. The second-order valence-electron chi connectivity index (χ2n) is 7.71. The van der Waals surface area contributed by atoms with E-state index >= 15 is 0 Å². The first-order valence-corrected chi connectivity index (χ1v) is 9.79. The summed E-state index contributed by atoms with van der Waals surface area (Å²) in [5.74, 6) is 1.69. The molecule has 0 spiro atoms. The Bertz CT molecular complexity index is 1190. The van der Waals surface area contributed by atoms with E-state index in [9.17, 15) is 10.1 Å². The lowest BCUT2D eigenvalue weighted by molar-refractivity contribution is 0.107. The van der Waals surface area contributed by atoms with Gasteiger partial charge in [-0.05, 0) is 37.1 Å². The summed E-state index contributed by atoms with van der Waals surface area (Å²) in [5, 5.41) is 14.0. The highest BCUT2D eigenvalue weighted by Crippen LogP contribution is 2.47. The van der Waals surface area contributed by atoms with Crippen molar-refractivity contribution in [1.29, 1.82) is 5.26 Å². The maximum Gasteiger partial charge on any atom is 0.409 e. The molecule has 1 fully saturated rings. The van der Waals surface area contributed by atoms with Crippen LogP contribution in [-0.2, 0) is 10.2 Å². The topological polar surface area (TPSA) is 102 Å². The summed E-state index contributed by atoms with van der Waals surface area (Å²) in [7, 11) is 6.41. The van der Waals surface area contributed by atoms with E-state index in [-0.39, 0.29) is 12.0 Å². The lowest BCUT2D eigenvalue weighted by Gasteiger charge is -2.15. The Labute approximate surface area is 179 Å². The first-order chi connectivity index (χ1) is 14.9. The molecule has 0 N–H and O–H groups in total. The average Bonchev–Trinajstić information content (AvgIpc) is 3.45. The van der Waals surface area contributed by atoms with E-state index < -0.39 is 6.09 Å². The van der Waals surface area contributed by atoms with Crippen LogP contribution in [0, 0.1) is 11.3 Å². The summed E-state index contributed by atoms with van der Waals surface area (Å²) in [6.07, 6.45) is 1.29. The maximum absolute atomic E-state index is 11.9. The third-order valence-corrected chi connectivity index (χ3v) is 5.45. The number of carbonyl (C=O) groups is 1. The highest BCUT2D eigenvalue weighted by atomic mass is 16.6. The van der Waals surface area contributed by atoms with Crippen LogP contribution in [0.4, 0.5) is 4.79 Å². The number of benzene rings is 1. The number of hydrogen-bond donors (Lipinski definition) is 0. The molecule has 0 atom stereocenters. The molecular weight excluding hydrogens is 398 g/mol. The van der Waals surface area contributed by atoms with Crippen LogP contribution in [0.1, 0.15) is 24.2 Å². The van der Waals surface area contributed by atoms with Crippen molar-refractivity contribution in [2.24, 2.45) is 0 Å². The highest BCUT2D eigenvalue weighted by Gasteiger charge is 2.49. The molecule has 1 aliphatic rings. The summed E-state index contributed by atoms with van der Waals surface area (Å²) in [4.78, 5) is 18.0. The Morgan fingerprint density at radius 2 is 1.94 bits per heavy atom. The number of aromatic nitrogens is 3. The number of nitriles is 1. The van der Waals surface area contributed by atoms with Gasteiger partial charge in [0.2, 0.25) is 0 Å². The molecule has 2 aromatic heterocycles. The number of pyridine rings is 1. The molecule has 0 bridgehead atoms. The molecular formula is C22H23N5O4. The average molecular weight is 421 g/mol. The Balaban J connectivity index is 1.77. The van der Waals surface area contributed by atoms with Crippen LogP contribution in [0.2, 0.25) is 0 Å². The molecule has 1 aromatic carbocycles. The van der Waals surface area contributed by atoms with Crippen LogP contribution in [0.3, 0.4) is 0 Å². The monoisotopic (exact) mass is 421 g/mol. The van der Waals surface area contributed by atoms with Gasteiger partial charge < -0.3 is 19.1 Å². The molecule has 2 heterocycles. The molecule has 1 amide bonds. The van der Waals surface area contributed by atoms with E-state index in [0.717, 1.165) is 24.1 Å². The standard InChI is InChI=1S/C22H23N5O4/c1-26(2)21(28)31-13-22(9-10-22)20-24-19-17(29-3)8-7-16(27(19)25-20)14-5-6-15(12-23)18(11-14)30-4/h5-8,11H,9-10,13H2,1-4H3. The summed E-state index contributed by atoms with van der Waals surface area (Å²) < 4.78 is 18.0. The Kier molecular flexibility index (Phi) is 5.15. The van der Waals surface area contributed by atoms with Crippen molar-refractivity contribution in [2.75, 3.05) is 34.9 Å². The molecule has 0 radical (unpaired) electrons. The van der Waals surface area contributed by atoms with Gasteiger partial charge in [0.15, 0.2) is 17.2 Å². The summed E-state index contributed by atoms with van der Waals surface area (Å²) in [6, 6.07) is 11.2. The molecule has 9 heteroatoms. The largest absolute Gasteiger partial charge is 0.495 e. The molecule has 3 aromatic rings. The van der Waals surface area contributed by atoms with Crippen LogP contribution < -0.4 is 9.47 Å². The third-order valence-electron chi connectivity index (χ3n) is 5.45. The molecule has 1 aliphatic carbocycles. The minimum absolute atomic E-state index is 0.225. The van der Waals surface area contributed by atoms with E-state index in [4.69, 9.17) is 24.3 Å². The molecule has 31 heavy (non-hydrogen) atoms. The van der Waals surface area contributed by atoms with E-state index in [0.29, 0.717) is 28.5 Å². The minimum atomic E-state index is -0.391. The number of ether oxygens (including phenoxy) is 3. The van der Waals surface area contributed by atoms with Crippen molar-refractivity contribution in [2.45, 2.75) is 18.3 Å². The van der Waals surface area contributed by atoms with Gasteiger partial charge in [0.25, 0.3) is 0 Å². The van der Waals surface area contributed by atoms with E-state index in [2.05, 4.69) is 6.07 Å². The maximum atomic E-state index is 11.9. The van der Waals surface area contributed by atoms with Crippen molar-refractivity contribution < 1.29 is 19.0 Å². The lowest BCUT2D eigenvalue weighted by atomic mass is 10.1. The quantitative estimate of drug-likeness (QED) is 0.603. The van der Waals surface area contributed by atoms with Crippen molar-refractivity contribution in [3.8, 4) is 28.8 Å². The van der Waals surface area contributed by atoms with Crippen molar-refractivity contribution >= 4 is 11.7 Å². The second-order valence-corrected chi connectivity index (χ2v) is 7.71. The molecule has 4 rings (SSSR count). The fourth-order valence-corrected chi connectivity index (χ4v) is 3.40.